The van der Waals surface area contributed by atoms with Gasteiger partial charge in [-0.1, -0.05) is 43.7 Å². The summed E-state index contributed by atoms with van der Waals surface area (Å²) < 4.78 is 0. The van der Waals surface area contributed by atoms with Crippen molar-refractivity contribution >= 4 is 6.21 Å². The Morgan fingerprint density at radius 1 is 1.43 bits per heavy atom. The molecule has 0 aliphatic heterocycles. The largest absolute Gasteiger partial charge is 0.274 e. The minimum absolute atomic E-state index is 0.194. The second-order valence-corrected chi connectivity index (χ2v) is 3.12. The van der Waals surface area contributed by atoms with Crippen molar-refractivity contribution in [2.24, 2.45) is 4.99 Å². The van der Waals surface area contributed by atoms with Gasteiger partial charge in [-0.15, -0.1) is 0 Å². The van der Waals surface area contributed by atoms with Crippen molar-refractivity contribution in [1.82, 2.24) is 0 Å². The van der Waals surface area contributed by atoms with Crippen molar-refractivity contribution in [2.75, 3.05) is 0 Å². The van der Waals surface area contributed by atoms with Crippen molar-refractivity contribution in [3.05, 3.63) is 35.9 Å². The molecule has 0 heterocycles. The van der Waals surface area contributed by atoms with Gasteiger partial charge >= 0.3 is 0 Å². The molecule has 0 N–H and O–H groups in total. The normalized spacial score (nSPS) is 12.6. The van der Waals surface area contributed by atoms with Crippen LogP contribution in [0.1, 0.15) is 25.3 Å². The van der Waals surface area contributed by atoms with E-state index in [2.05, 4.69) is 18.0 Å². The Morgan fingerprint density at radius 2 is 2.14 bits per heavy atom. The Morgan fingerprint density at radius 3 is 2.71 bits per heavy atom. The molecule has 14 heavy (non-hydrogen) atoms. The van der Waals surface area contributed by atoms with Crippen LogP contribution in [0.2, 0.25) is 0 Å². The molecule has 2 heteroatoms. The monoisotopic (exact) mass is 186 g/mol. The van der Waals surface area contributed by atoms with Crippen LogP contribution in [0, 0.1) is 11.3 Å². The van der Waals surface area contributed by atoms with Crippen LogP contribution in [0.3, 0.4) is 0 Å². The molecule has 2 nitrogen and oxygen atoms in total. The predicted octanol–water partition coefficient (Wildman–Crippen LogP) is 2.80. The van der Waals surface area contributed by atoms with E-state index < -0.39 is 0 Å². The van der Waals surface area contributed by atoms with E-state index in [1.165, 1.54) is 0 Å². The van der Waals surface area contributed by atoms with Gasteiger partial charge in [0.15, 0.2) is 0 Å². The fourth-order valence-electron chi connectivity index (χ4n) is 1.16. The Kier molecular flexibility index (Phi) is 4.43. The summed E-state index contributed by atoms with van der Waals surface area (Å²) in [5, 5.41) is 8.77. The van der Waals surface area contributed by atoms with E-state index in [0.717, 1.165) is 18.4 Å². The van der Waals surface area contributed by atoms with E-state index in [1.807, 2.05) is 30.3 Å². The van der Waals surface area contributed by atoms with Crippen LogP contribution in [-0.2, 0) is 0 Å². The summed E-state index contributed by atoms with van der Waals surface area (Å²) in [6.45, 7) is 2.06. The van der Waals surface area contributed by atoms with E-state index in [1.54, 1.807) is 6.21 Å². The number of aliphatic imine (C=N–C) groups is 1. The molecule has 0 aliphatic rings. The van der Waals surface area contributed by atoms with Crippen molar-refractivity contribution < 1.29 is 0 Å². The lowest BCUT2D eigenvalue weighted by molar-refractivity contribution is 0.718. The Bertz CT molecular complexity index is 322. The lowest BCUT2D eigenvalue weighted by atomic mass is 10.2. The highest BCUT2D eigenvalue weighted by Gasteiger charge is 2.00. The topological polar surface area (TPSA) is 36.1 Å². The second-order valence-electron chi connectivity index (χ2n) is 3.12. The average molecular weight is 186 g/mol. The van der Waals surface area contributed by atoms with Crippen LogP contribution in [0.4, 0.5) is 0 Å². The van der Waals surface area contributed by atoms with E-state index in [0.29, 0.717) is 0 Å². The Hall–Kier alpha value is -1.62. The zero-order valence-electron chi connectivity index (χ0n) is 8.35. The molecule has 0 aromatic heterocycles. The smallest absolute Gasteiger partial charge is 0.136 e. The molecule has 1 atom stereocenters. The van der Waals surface area contributed by atoms with Gasteiger partial charge in [0, 0.05) is 6.21 Å². The number of rotatable bonds is 4. The zero-order valence-corrected chi connectivity index (χ0v) is 8.35. The van der Waals surface area contributed by atoms with Crippen molar-refractivity contribution in [3.63, 3.8) is 0 Å². The molecular weight excluding hydrogens is 172 g/mol. The molecule has 0 saturated carbocycles. The highest BCUT2D eigenvalue weighted by Crippen LogP contribution is 2.01. The van der Waals surface area contributed by atoms with Gasteiger partial charge in [0.05, 0.1) is 6.07 Å². The molecule has 1 rings (SSSR count). The molecule has 72 valence electrons. The number of hydrogen-bond donors (Lipinski definition) is 0. The quantitative estimate of drug-likeness (QED) is 0.666. The standard InChI is InChI=1S/C12H14N2/c1-2-6-12(9-13)14-10-11-7-4-3-5-8-11/h3-5,7-8,10,12H,2,6H2,1H3. The first-order valence-electron chi connectivity index (χ1n) is 4.84. The number of nitrogens with zero attached hydrogens (tertiary/aromatic N) is 2. The van der Waals surface area contributed by atoms with Crippen LogP contribution in [0.5, 0.6) is 0 Å². The first-order valence-corrected chi connectivity index (χ1v) is 4.84. The van der Waals surface area contributed by atoms with Crippen LogP contribution < -0.4 is 0 Å². The molecule has 0 fully saturated rings. The third-order valence-electron chi connectivity index (χ3n) is 1.91. The maximum Gasteiger partial charge on any atom is 0.136 e. The lowest BCUT2D eigenvalue weighted by Gasteiger charge is -1.99. The van der Waals surface area contributed by atoms with E-state index in [9.17, 15) is 0 Å². The minimum Gasteiger partial charge on any atom is -0.274 e. The fraction of sp³-hybridized carbons (Fsp3) is 0.333. The average Bonchev–Trinajstić information content (AvgIpc) is 2.25. The molecular formula is C12H14N2. The van der Waals surface area contributed by atoms with Crippen molar-refractivity contribution in [1.29, 1.82) is 5.26 Å². The van der Waals surface area contributed by atoms with Gasteiger partial charge in [-0.2, -0.15) is 5.26 Å². The highest BCUT2D eigenvalue weighted by atomic mass is 14.8. The van der Waals surface area contributed by atoms with Crippen LogP contribution >= 0.6 is 0 Å². The lowest BCUT2D eigenvalue weighted by Crippen LogP contribution is -2.00. The number of benzene rings is 1. The maximum absolute atomic E-state index is 8.77. The van der Waals surface area contributed by atoms with Gasteiger partial charge in [-0.25, -0.2) is 0 Å². The summed E-state index contributed by atoms with van der Waals surface area (Å²) in [4.78, 5) is 4.22. The van der Waals surface area contributed by atoms with Gasteiger partial charge in [0.25, 0.3) is 0 Å². The molecule has 0 spiro atoms. The zero-order chi connectivity index (χ0) is 10.2. The SMILES string of the molecule is CCCC(C#N)N=Cc1ccccc1. The molecule has 1 unspecified atom stereocenters. The van der Waals surface area contributed by atoms with Gasteiger partial charge in [0.2, 0.25) is 0 Å². The Labute approximate surface area is 84.9 Å². The molecule has 0 amide bonds. The van der Waals surface area contributed by atoms with Crippen molar-refractivity contribution in [3.8, 4) is 6.07 Å². The van der Waals surface area contributed by atoms with Crippen LogP contribution in [-0.4, -0.2) is 12.3 Å². The first-order chi connectivity index (χ1) is 6.86. The highest BCUT2D eigenvalue weighted by molar-refractivity contribution is 5.79. The van der Waals surface area contributed by atoms with Crippen LogP contribution in [0.15, 0.2) is 35.3 Å². The third-order valence-corrected chi connectivity index (χ3v) is 1.91. The third kappa shape index (κ3) is 3.40. The summed E-state index contributed by atoms with van der Waals surface area (Å²) in [6.07, 6.45) is 3.59. The predicted molar refractivity (Wildman–Crippen MR) is 58.3 cm³/mol. The van der Waals surface area contributed by atoms with Gasteiger partial charge < -0.3 is 0 Å². The summed E-state index contributed by atoms with van der Waals surface area (Å²) in [7, 11) is 0. The summed E-state index contributed by atoms with van der Waals surface area (Å²) >= 11 is 0. The van der Waals surface area contributed by atoms with Crippen molar-refractivity contribution in [2.45, 2.75) is 25.8 Å². The molecule has 0 radical (unpaired) electrons. The van der Waals surface area contributed by atoms with Gasteiger partial charge in [0.1, 0.15) is 6.04 Å². The van der Waals surface area contributed by atoms with E-state index in [4.69, 9.17) is 5.26 Å². The Balaban J connectivity index is 2.59. The summed E-state index contributed by atoms with van der Waals surface area (Å²) in [5.41, 5.74) is 1.05. The maximum atomic E-state index is 8.77. The van der Waals surface area contributed by atoms with Gasteiger partial charge in [-0.05, 0) is 12.0 Å². The second kappa shape index (κ2) is 5.93. The molecule has 0 bridgehead atoms. The van der Waals surface area contributed by atoms with E-state index in [-0.39, 0.29) is 6.04 Å². The molecule has 1 aromatic carbocycles. The molecule has 0 aliphatic carbocycles. The number of nitriles is 1. The van der Waals surface area contributed by atoms with Crippen LogP contribution in [0.25, 0.3) is 0 Å². The number of hydrogen-bond acceptors (Lipinski definition) is 2. The molecule has 0 saturated heterocycles. The minimum atomic E-state index is -0.194. The summed E-state index contributed by atoms with van der Waals surface area (Å²) in [5.74, 6) is 0. The molecule has 1 aromatic rings. The first kappa shape index (κ1) is 10.5. The van der Waals surface area contributed by atoms with Gasteiger partial charge in [-0.3, -0.25) is 4.99 Å². The summed E-state index contributed by atoms with van der Waals surface area (Å²) in [6, 6.07) is 11.8. The fourth-order valence-corrected chi connectivity index (χ4v) is 1.16. The van der Waals surface area contributed by atoms with E-state index >= 15 is 0 Å².